The number of benzene rings is 1. The van der Waals surface area contributed by atoms with Gasteiger partial charge in [0, 0.05) is 16.7 Å². The standard InChI is InChI=1S/C16H17NO3S/c1-3-4-12-9-11(16(18)19)10-15(17-12)20-13-5-7-14(21-2)8-6-13/h5-10H,3-4H2,1-2H3,(H,18,19). The molecule has 0 aliphatic carbocycles. The normalized spacial score (nSPS) is 10.4. The molecule has 21 heavy (non-hydrogen) atoms. The number of carbonyl (C=O) groups is 1. The molecule has 0 bridgehead atoms. The number of aromatic nitrogens is 1. The highest BCUT2D eigenvalue weighted by Gasteiger charge is 2.10. The van der Waals surface area contributed by atoms with Crippen molar-refractivity contribution in [2.24, 2.45) is 0 Å². The van der Waals surface area contributed by atoms with Crippen LogP contribution in [0.15, 0.2) is 41.3 Å². The number of carboxylic acid groups (broad SMARTS) is 1. The maximum absolute atomic E-state index is 11.2. The minimum atomic E-state index is -0.975. The first-order valence-electron chi connectivity index (χ1n) is 6.68. The van der Waals surface area contributed by atoms with Gasteiger partial charge in [0.2, 0.25) is 5.88 Å². The monoisotopic (exact) mass is 303 g/mol. The number of carboxylic acids is 1. The van der Waals surface area contributed by atoms with Crippen LogP contribution in [0, 0.1) is 0 Å². The first kappa shape index (κ1) is 15.4. The molecule has 0 radical (unpaired) electrons. The van der Waals surface area contributed by atoms with Crippen LogP contribution < -0.4 is 4.74 Å². The Labute approximate surface area is 128 Å². The van der Waals surface area contributed by atoms with E-state index in [0.29, 0.717) is 11.6 Å². The molecule has 0 saturated carbocycles. The molecule has 2 aromatic rings. The molecule has 110 valence electrons. The van der Waals surface area contributed by atoms with Crippen molar-refractivity contribution < 1.29 is 14.6 Å². The number of ether oxygens (including phenoxy) is 1. The van der Waals surface area contributed by atoms with Gasteiger partial charge in [-0.15, -0.1) is 11.8 Å². The van der Waals surface area contributed by atoms with Crippen LogP contribution in [0.25, 0.3) is 0 Å². The molecule has 1 heterocycles. The van der Waals surface area contributed by atoms with Gasteiger partial charge in [0.05, 0.1) is 5.56 Å². The maximum Gasteiger partial charge on any atom is 0.335 e. The van der Waals surface area contributed by atoms with E-state index in [1.54, 1.807) is 17.8 Å². The van der Waals surface area contributed by atoms with Gasteiger partial charge < -0.3 is 9.84 Å². The highest BCUT2D eigenvalue weighted by Crippen LogP contribution is 2.24. The zero-order valence-corrected chi connectivity index (χ0v) is 12.8. The number of pyridine rings is 1. The summed E-state index contributed by atoms with van der Waals surface area (Å²) in [5.74, 6) is -0.0159. The van der Waals surface area contributed by atoms with Crippen molar-refractivity contribution in [2.75, 3.05) is 6.26 Å². The van der Waals surface area contributed by atoms with Gasteiger partial charge in [-0.25, -0.2) is 9.78 Å². The fourth-order valence-corrected chi connectivity index (χ4v) is 2.29. The van der Waals surface area contributed by atoms with Crippen LogP contribution in [0.2, 0.25) is 0 Å². The molecule has 0 aliphatic rings. The second-order valence-corrected chi connectivity index (χ2v) is 5.40. The van der Waals surface area contributed by atoms with Gasteiger partial charge >= 0.3 is 5.97 Å². The van der Waals surface area contributed by atoms with E-state index in [4.69, 9.17) is 9.84 Å². The van der Waals surface area contributed by atoms with E-state index in [1.165, 1.54) is 6.07 Å². The summed E-state index contributed by atoms with van der Waals surface area (Å²) >= 11 is 1.65. The summed E-state index contributed by atoms with van der Waals surface area (Å²) in [6.07, 6.45) is 3.63. The second-order valence-electron chi connectivity index (χ2n) is 4.52. The van der Waals surface area contributed by atoms with Crippen molar-refractivity contribution >= 4 is 17.7 Å². The number of aromatic carboxylic acids is 1. The van der Waals surface area contributed by atoms with Crippen LogP contribution in [-0.2, 0) is 6.42 Å². The Kier molecular flexibility index (Phi) is 5.22. The van der Waals surface area contributed by atoms with Gasteiger partial charge in [-0.2, -0.15) is 0 Å². The first-order chi connectivity index (χ1) is 10.1. The molecule has 0 amide bonds. The highest BCUT2D eigenvalue weighted by atomic mass is 32.2. The van der Waals surface area contributed by atoms with Crippen molar-refractivity contribution in [2.45, 2.75) is 24.7 Å². The molecule has 1 N–H and O–H groups in total. The van der Waals surface area contributed by atoms with Crippen LogP contribution in [0.4, 0.5) is 0 Å². The Bertz CT molecular complexity index is 626. The summed E-state index contributed by atoms with van der Waals surface area (Å²) in [6, 6.07) is 10.6. The van der Waals surface area contributed by atoms with E-state index in [0.717, 1.165) is 23.4 Å². The van der Waals surface area contributed by atoms with Gasteiger partial charge in [0.25, 0.3) is 0 Å². The van der Waals surface area contributed by atoms with Gasteiger partial charge in [0.15, 0.2) is 0 Å². The van der Waals surface area contributed by atoms with E-state index in [-0.39, 0.29) is 5.56 Å². The van der Waals surface area contributed by atoms with E-state index in [9.17, 15) is 4.79 Å². The van der Waals surface area contributed by atoms with Crippen molar-refractivity contribution in [1.82, 2.24) is 4.98 Å². The average Bonchev–Trinajstić information content (AvgIpc) is 2.48. The largest absolute Gasteiger partial charge is 0.478 e. The van der Waals surface area contributed by atoms with Gasteiger partial charge in [-0.05, 0) is 43.0 Å². The Morgan fingerprint density at radius 1 is 1.29 bits per heavy atom. The number of aryl methyl sites for hydroxylation is 1. The number of hydrogen-bond donors (Lipinski definition) is 1. The maximum atomic E-state index is 11.2. The Hall–Kier alpha value is -2.01. The highest BCUT2D eigenvalue weighted by molar-refractivity contribution is 7.98. The predicted octanol–water partition coefficient (Wildman–Crippen LogP) is 4.25. The lowest BCUT2D eigenvalue weighted by atomic mass is 10.1. The molecule has 0 saturated heterocycles. The van der Waals surface area contributed by atoms with Crippen molar-refractivity contribution in [3.8, 4) is 11.6 Å². The SMILES string of the molecule is CCCc1cc(C(=O)O)cc(Oc2ccc(SC)cc2)n1. The summed E-state index contributed by atoms with van der Waals surface area (Å²) in [5.41, 5.74) is 0.928. The summed E-state index contributed by atoms with van der Waals surface area (Å²) in [4.78, 5) is 16.7. The van der Waals surface area contributed by atoms with E-state index in [2.05, 4.69) is 4.98 Å². The number of hydrogen-bond acceptors (Lipinski definition) is 4. The zero-order valence-electron chi connectivity index (χ0n) is 12.0. The smallest absolute Gasteiger partial charge is 0.335 e. The second kappa shape index (κ2) is 7.13. The van der Waals surface area contributed by atoms with E-state index < -0.39 is 5.97 Å². The Balaban J connectivity index is 2.26. The van der Waals surface area contributed by atoms with Crippen molar-refractivity contribution in [1.29, 1.82) is 0 Å². The summed E-state index contributed by atoms with van der Waals surface area (Å²) in [5, 5.41) is 9.15. The molecule has 0 spiro atoms. The quantitative estimate of drug-likeness (QED) is 0.809. The molecule has 0 fully saturated rings. The summed E-state index contributed by atoms with van der Waals surface area (Å²) < 4.78 is 5.67. The fraction of sp³-hybridized carbons (Fsp3) is 0.250. The van der Waals surface area contributed by atoms with Gasteiger partial charge in [-0.3, -0.25) is 0 Å². The molecular weight excluding hydrogens is 286 g/mol. The molecule has 5 heteroatoms. The molecule has 1 aromatic heterocycles. The minimum Gasteiger partial charge on any atom is -0.478 e. The van der Waals surface area contributed by atoms with Crippen LogP contribution in [0.5, 0.6) is 11.6 Å². The van der Waals surface area contributed by atoms with E-state index in [1.807, 2.05) is 37.4 Å². The Morgan fingerprint density at radius 2 is 2.00 bits per heavy atom. The lowest BCUT2D eigenvalue weighted by Gasteiger charge is -2.08. The topological polar surface area (TPSA) is 59.4 Å². The van der Waals surface area contributed by atoms with Crippen LogP contribution in [-0.4, -0.2) is 22.3 Å². The molecule has 2 rings (SSSR count). The minimum absolute atomic E-state index is 0.198. The van der Waals surface area contributed by atoms with Crippen LogP contribution in [0.1, 0.15) is 29.4 Å². The average molecular weight is 303 g/mol. The number of thioether (sulfide) groups is 1. The number of rotatable bonds is 6. The lowest BCUT2D eigenvalue weighted by molar-refractivity contribution is 0.0696. The van der Waals surface area contributed by atoms with Gasteiger partial charge in [-0.1, -0.05) is 13.3 Å². The molecule has 4 nitrogen and oxygen atoms in total. The van der Waals surface area contributed by atoms with Crippen molar-refractivity contribution in [3.63, 3.8) is 0 Å². The molecule has 0 aliphatic heterocycles. The van der Waals surface area contributed by atoms with Gasteiger partial charge in [0.1, 0.15) is 5.75 Å². The molecule has 0 unspecified atom stereocenters. The van der Waals surface area contributed by atoms with Crippen LogP contribution in [0.3, 0.4) is 0 Å². The third-order valence-corrected chi connectivity index (χ3v) is 3.63. The molecular formula is C16H17NO3S. The summed E-state index contributed by atoms with van der Waals surface area (Å²) in [6.45, 7) is 2.02. The number of nitrogens with zero attached hydrogens (tertiary/aromatic N) is 1. The van der Waals surface area contributed by atoms with E-state index >= 15 is 0 Å². The zero-order chi connectivity index (χ0) is 15.2. The summed E-state index contributed by atoms with van der Waals surface area (Å²) in [7, 11) is 0. The molecule has 1 aromatic carbocycles. The fourth-order valence-electron chi connectivity index (χ4n) is 1.88. The van der Waals surface area contributed by atoms with Crippen LogP contribution >= 0.6 is 11.8 Å². The molecule has 0 atom stereocenters. The first-order valence-corrected chi connectivity index (χ1v) is 7.91. The predicted molar refractivity (Wildman–Crippen MR) is 83.5 cm³/mol. The van der Waals surface area contributed by atoms with Crippen molar-refractivity contribution in [3.05, 3.63) is 47.7 Å². The Morgan fingerprint density at radius 3 is 2.57 bits per heavy atom. The lowest BCUT2D eigenvalue weighted by Crippen LogP contribution is -2.02. The third-order valence-electron chi connectivity index (χ3n) is 2.89. The third kappa shape index (κ3) is 4.23.